The molecule has 126 valence electrons. The monoisotopic (exact) mass is 344 g/mol. The minimum absolute atomic E-state index is 0.199. The van der Waals surface area contributed by atoms with Crippen molar-refractivity contribution in [2.75, 3.05) is 22.4 Å². The number of rotatable bonds is 3. The zero-order chi connectivity index (χ0) is 17.3. The Hall–Kier alpha value is -2.34. The van der Waals surface area contributed by atoms with Crippen molar-refractivity contribution in [3.8, 4) is 0 Å². The topological polar surface area (TPSA) is 66.5 Å². The predicted octanol–water partition coefficient (Wildman–Crippen LogP) is 2.96. The van der Waals surface area contributed by atoms with E-state index in [1.165, 1.54) is 10.6 Å². The number of aryl methyl sites for hydroxylation is 2. The van der Waals surface area contributed by atoms with Crippen LogP contribution in [0, 0.1) is 6.92 Å². The molecule has 5 nitrogen and oxygen atoms in total. The maximum absolute atomic E-state index is 12.4. The van der Waals surface area contributed by atoms with E-state index in [4.69, 9.17) is 0 Å². The Labute approximate surface area is 142 Å². The summed E-state index contributed by atoms with van der Waals surface area (Å²) < 4.78 is 25.4. The summed E-state index contributed by atoms with van der Waals surface area (Å²) >= 11 is 0. The molecule has 0 saturated carbocycles. The second-order valence-electron chi connectivity index (χ2n) is 6.05. The van der Waals surface area contributed by atoms with Crippen LogP contribution in [0.3, 0.4) is 0 Å². The largest absolute Gasteiger partial charge is 0.322 e. The molecule has 24 heavy (non-hydrogen) atoms. The number of nitrogens with one attached hydrogen (secondary N) is 1. The fourth-order valence-corrected chi connectivity index (χ4v) is 3.98. The number of hydrogen-bond donors (Lipinski definition) is 1. The van der Waals surface area contributed by atoms with Crippen LogP contribution in [0.25, 0.3) is 0 Å². The van der Waals surface area contributed by atoms with E-state index in [1.807, 2.05) is 37.3 Å². The van der Waals surface area contributed by atoms with Crippen LogP contribution in [0.1, 0.15) is 27.9 Å². The molecule has 2 aromatic carbocycles. The number of nitrogens with zero attached hydrogens (tertiary/aromatic N) is 1. The standard InChI is InChI=1S/C18H20N2O3S/c1-13-6-3-4-8-16(13)18(21)19-15-10-9-14-7-5-11-20(17(14)12-15)24(2,22)23/h3-4,6,8-10,12H,5,7,11H2,1-2H3,(H,19,21). The molecule has 0 spiro atoms. The average Bonchev–Trinajstić information content (AvgIpc) is 2.53. The highest BCUT2D eigenvalue weighted by Crippen LogP contribution is 2.31. The SMILES string of the molecule is Cc1ccccc1C(=O)Nc1ccc2c(c1)N(S(C)(=O)=O)CCC2. The van der Waals surface area contributed by atoms with Gasteiger partial charge in [-0.1, -0.05) is 24.3 Å². The Morgan fingerprint density at radius 1 is 1.17 bits per heavy atom. The van der Waals surface area contributed by atoms with Crippen molar-refractivity contribution in [3.05, 3.63) is 59.2 Å². The second kappa shape index (κ2) is 6.28. The van der Waals surface area contributed by atoms with Gasteiger partial charge in [0.05, 0.1) is 11.9 Å². The van der Waals surface area contributed by atoms with Gasteiger partial charge < -0.3 is 5.32 Å². The summed E-state index contributed by atoms with van der Waals surface area (Å²) in [5.41, 5.74) is 3.74. The molecule has 0 bridgehead atoms. The summed E-state index contributed by atoms with van der Waals surface area (Å²) in [7, 11) is -3.32. The fourth-order valence-electron chi connectivity index (χ4n) is 2.99. The van der Waals surface area contributed by atoms with Gasteiger partial charge >= 0.3 is 0 Å². The second-order valence-corrected chi connectivity index (χ2v) is 7.96. The molecular weight excluding hydrogens is 324 g/mol. The summed E-state index contributed by atoms with van der Waals surface area (Å²) in [6.07, 6.45) is 2.85. The highest BCUT2D eigenvalue weighted by molar-refractivity contribution is 7.92. The molecule has 3 rings (SSSR count). The molecule has 0 aromatic heterocycles. The minimum atomic E-state index is -3.32. The lowest BCUT2D eigenvalue weighted by Gasteiger charge is -2.29. The molecule has 0 fully saturated rings. The van der Waals surface area contributed by atoms with Gasteiger partial charge in [-0.25, -0.2) is 8.42 Å². The predicted molar refractivity (Wildman–Crippen MR) is 96.1 cm³/mol. The molecule has 6 heteroatoms. The lowest BCUT2D eigenvalue weighted by atomic mass is 10.0. The van der Waals surface area contributed by atoms with Crippen molar-refractivity contribution in [2.24, 2.45) is 0 Å². The van der Waals surface area contributed by atoms with Crippen LogP contribution in [0.2, 0.25) is 0 Å². The van der Waals surface area contributed by atoms with Gasteiger partial charge in [-0.05, 0) is 49.1 Å². The summed E-state index contributed by atoms with van der Waals surface area (Å²) in [6.45, 7) is 2.36. The first-order chi connectivity index (χ1) is 11.4. The van der Waals surface area contributed by atoms with Crippen LogP contribution >= 0.6 is 0 Å². The van der Waals surface area contributed by atoms with Crippen LogP contribution in [-0.2, 0) is 16.4 Å². The molecule has 1 aliphatic rings. The van der Waals surface area contributed by atoms with E-state index >= 15 is 0 Å². The van der Waals surface area contributed by atoms with Crippen molar-refractivity contribution >= 4 is 27.3 Å². The third-order valence-corrected chi connectivity index (χ3v) is 5.39. The quantitative estimate of drug-likeness (QED) is 0.931. The number of carbonyl (C=O) groups excluding carboxylic acids is 1. The zero-order valence-corrected chi connectivity index (χ0v) is 14.6. The molecule has 1 aliphatic heterocycles. The highest BCUT2D eigenvalue weighted by Gasteiger charge is 2.24. The molecule has 0 saturated heterocycles. The minimum Gasteiger partial charge on any atom is -0.322 e. The molecule has 0 unspecified atom stereocenters. The number of anilines is 2. The van der Waals surface area contributed by atoms with Crippen LogP contribution < -0.4 is 9.62 Å². The first-order valence-electron chi connectivity index (χ1n) is 7.84. The third-order valence-electron chi connectivity index (χ3n) is 4.21. The summed E-state index contributed by atoms with van der Waals surface area (Å²) in [5, 5.41) is 2.86. The molecule has 0 aliphatic carbocycles. The van der Waals surface area contributed by atoms with Crippen molar-refractivity contribution in [1.29, 1.82) is 0 Å². The zero-order valence-electron chi connectivity index (χ0n) is 13.7. The number of benzene rings is 2. The maximum atomic E-state index is 12.4. The van der Waals surface area contributed by atoms with Crippen molar-refractivity contribution < 1.29 is 13.2 Å². The summed E-state index contributed by atoms with van der Waals surface area (Å²) in [5.74, 6) is -0.199. The van der Waals surface area contributed by atoms with Crippen LogP contribution in [0.5, 0.6) is 0 Å². The van der Waals surface area contributed by atoms with Gasteiger partial charge in [0.15, 0.2) is 0 Å². The Morgan fingerprint density at radius 3 is 2.62 bits per heavy atom. The van der Waals surface area contributed by atoms with Gasteiger partial charge in [-0.3, -0.25) is 9.10 Å². The van der Waals surface area contributed by atoms with E-state index in [2.05, 4.69) is 5.32 Å². The lowest BCUT2D eigenvalue weighted by Crippen LogP contribution is -2.34. The fraction of sp³-hybridized carbons (Fsp3) is 0.278. The Kier molecular flexibility index (Phi) is 4.32. The van der Waals surface area contributed by atoms with E-state index in [1.54, 1.807) is 12.1 Å². The number of carbonyl (C=O) groups is 1. The number of hydrogen-bond acceptors (Lipinski definition) is 3. The average molecular weight is 344 g/mol. The number of sulfonamides is 1. The molecule has 0 radical (unpaired) electrons. The smallest absolute Gasteiger partial charge is 0.255 e. The van der Waals surface area contributed by atoms with E-state index in [-0.39, 0.29) is 5.91 Å². The molecule has 1 amide bonds. The Balaban J connectivity index is 1.91. The molecule has 1 N–H and O–H groups in total. The Morgan fingerprint density at radius 2 is 1.92 bits per heavy atom. The van der Waals surface area contributed by atoms with Crippen molar-refractivity contribution in [3.63, 3.8) is 0 Å². The van der Waals surface area contributed by atoms with Crippen LogP contribution in [0.15, 0.2) is 42.5 Å². The van der Waals surface area contributed by atoms with Gasteiger partial charge in [0.2, 0.25) is 10.0 Å². The third kappa shape index (κ3) is 3.28. The van der Waals surface area contributed by atoms with Crippen molar-refractivity contribution in [1.82, 2.24) is 0 Å². The van der Waals surface area contributed by atoms with E-state index in [9.17, 15) is 13.2 Å². The molecule has 2 aromatic rings. The summed E-state index contributed by atoms with van der Waals surface area (Å²) in [6, 6.07) is 12.8. The van der Waals surface area contributed by atoms with Crippen molar-refractivity contribution in [2.45, 2.75) is 19.8 Å². The van der Waals surface area contributed by atoms with Gasteiger partial charge in [0, 0.05) is 17.8 Å². The molecule has 0 atom stereocenters. The number of amides is 1. The summed E-state index contributed by atoms with van der Waals surface area (Å²) in [4.78, 5) is 12.4. The van der Waals surface area contributed by atoms with Gasteiger partial charge in [0.25, 0.3) is 5.91 Å². The van der Waals surface area contributed by atoms with E-state index in [0.29, 0.717) is 23.5 Å². The van der Waals surface area contributed by atoms with Crippen LogP contribution in [0.4, 0.5) is 11.4 Å². The number of fused-ring (bicyclic) bond motifs is 1. The molecule has 1 heterocycles. The van der Waals surface area contributed by atoms with Crippen LogP contribution in [-0.4, -0.2) is 27.1 Å². The van der Waals surface area contributed by atoms with Gasteiger partial charge in [-0.2, -0.15) is 0 Å². The van der Waals surface area contributed by atoms with E-state index in [0.717, 1.165) is 24.0 Å². The van der Waals surface area contributed by atoms with Gasteiger partial charge in [-0.15, -0.1) is 0 Å². The normalized spacial score (nSPS) is 14.2. The van der Waals surface area contributed by atoms with E-state index < -0.39 is 10.0 Å². The van der Waals surface area contributed by atoms with Gasteiger partial charge in [0.1, 0.15) is 0 Å². The Bertz CT molecular complexity index is 891. The first-order valence-corrected chi connectivity index (χ1v) is 9.69. The molecular formula is C18H20N2O3S. The highest BCUT2D eigenvalue weighted by atomic mass is 32.2. The lowest BCUT2D eigenvalue weighted by molar-refractivity contribution is 0.102. The maximum Gasteiger partial charge on any atom is 0.255 e. The first kappa shape index (κ1) is 16.5.